The fraction of sp³-hybridized carbons (Fsp3) is 0.500. The highest BCUT2D eigenvalue weighted by molar-refractivity contribution is 6.35. The van der Waals surface area contributed by atoms with Crippen molar-refractivity contribution in [1.82, 2.24) is 24.9 Å². The summed E-state index contributed by atoms with van der Waals surface area (Å²) in [6, 6.07) is 3.41. The van der Waals surface area contributed by atoms with Crippen LogP contribution in [0.3, 0.4) is 0 Å². The molecule has 0 unspecified atom stereocenters. The minimum atomic E-state index is -0.430. The van der Waals surface area contributed by atoms with Crippen LogP contribution >= 0.6 is 11.6 Å². The van der Waals surface area contributed by atoms with Gasteiger partial charge in [-0.2, -0.15) is 5.10 Å². The quantitative estimate of drug-likeness (QED) is 0.703. The Balaban J connectivity index is 1.30. The number of hydrogen-bond acceptors (Lipinski definition) is 6. The minimum Gasteiger partial charge on any atom is -0.403 e. The number of carbonyl (C=O) groups excluding carboxylic acids is 1. The number of piperidine rings is 1. The Morgan fingerprint density at radius 2 is 2.00 bits per heavy atom. The van der Waals surface area contributed by atoms with Gasteiger partial charge in [-0.1, -0.05) is 16.7 Å². The number of aromatic nitrogens is 4. The van der Waals surface area contributed by atoms with Crippen LogP contribution in [0.1, 0.15) is 32.6 Å². The Labute approximate surface area is 173 Å². The van der Waals surface area contributed by atoms with Crippen LogP contribution in [0.4, 0.5) is 6.01 Å². The van der Waals surface area contributed by atoms with E-state index in [1.165, 1.54) is 12.8 Å². The summed E-state index contributed by atoms with van der Waals surface area (Å²) >= 11 is 6.29. The predicted octanol–water partition coefficient (Wildman–Crippen LogP) is 3.48. The van der Waals surface area contributed by atoms with E-state index in [1.807, 2.05) is 24.9 Å². The third kappa shape index (κ3) is 3.25. The van der Waals surface area contributed by atoms with Crippen molar-refractivity contribution >= 4 is 34.4 Å². The molecule has 1 saturated heterocycles. The zero-order chi connectivity index (χ0) is 20.2. The maximum atomic E-state index is 12.8. The molecule has 3 aromatic rings. The van der Waals surface area contributed by atoms with E-state index < -0.39 is 6.04 Å². The number of benzene rings is 1. The van der Waals surface area contributed by atoms with Gasteiger partial charge in [-0.05, 0) is 50.2 Å². The summed E-state index contributed by atoms with van der Waals surface area (Å²) in [5.74, 6) is 0.428. The molecule has 3 heterocycles. The third-order valence-electron chi connectivity index (χ3n) is 6.31. The Bertz CT molecular complexity index is 1080. The first-order chi connectivity index (χ1) is 14.0. The molecule has 2 aliphatic rings. The molecule has 0 radical (unpaired) electrons. The molecule has 1 aliphatic heterocycles. The van der Waals surface area contributed by atoms with Crippen molar-refractivity contribution < 1.29 is 9.21 Å². The van der Waals surface area contributed by atoms with E-state index in [9.17, 15) is 4.79 Å². The van der Waals surface area contributed by atoms with Crippen LogP contribution in [-0.2, 0) is 11.8 Å². The van der Waals surface area contributed by atoms with Gasteiger partial charge in [0, 0.05) is 31.1 Å². The minimum absolute atomic E-state index is 0.0707. The van der Waals surface area contributed by atoms with Gasteiger partial charge in [-0.3, -0.25) is 9.48 Å². The number of hydrogen-bond donors (Lipinski definition) is 1. The van der Waals surface area contributed by atoms with Crippen molar-refractivity contribution in [2.45, 2.75) is 38.6 Å². The zero-order valence-electron chi connectivity index (χ0n) is 16.5. The number of aryl methyl sites for hydroxylation is 1. The van der Waals surface area contributed by atoms with Crippen LogP contribution < -0.4 is 5.32 Å². The van der Waals surface area contributed by atoms with Gasteiger partial charge >= 0.3 is 6.01 Å². The normalized spacial score (nSPS) is 18.9. The monoisotopic (exact) mass is 414 g/mol. The molecule has 1 saturated carbocycles. The van der Waals surface area contributed by atoms with Crippen molar-refractivity contribution in [2.24, 2.45) is 12.5 Å². The lowest BCUT2D eigenvalue weighted by Crippen LogP contribution is -2.45. The molecular formula is C20H23ClN6O2. The van der Waals surface area contributed by atoms with Gasteiger partial charge in [-0.25, -0.2) is 0 Å². The molecule has 8 nitrogen and oxygen atoms in total. The first-order valence-electron chi connectivity index (χ1n) is 9.95. The molecule has 9 heteroatoms. The molecule has 1 aromatic carbocycles. The number of fused-ring (bicyclic) bond motifs is 1. The lowest BCUT2D eigenvalue weighted by Gasteiger charge is -2.33. The number of amides is 1. The Morgan fingerprint density at radius 3 is 2.72 bits per heavy atom. The second-order valence-electron chi connectivity index (χ2n) is 8.23. The molecule has 2 aromatic heterocycles. The maximum Gasteiger partial charge on any atom is 0.316 e. The molecule has 1 atom stereocenters. The Morgan fingerprint density at radius 1 is 1.24 bits per heavy atom. The number of carbonyl (C=O) groups is 1. The second kappa shape index (κ2) is 6.73. The molecule has 1 amide bonds. The van der Waals surface area contributed by atoms with E-state index in [1.54, 1.807) is 16.9 Å². The summed E-state index contributed by atoms with van der Waals surface area (Å²) in [5, 5.41) is 17.0. The lowest BCUT2D eigenvalue weighted by atomic mass is 9.93. The van der Waals surface area contributed by atoms with Crippen molar-refractivity contribution in [2.75, 3.05) is 18.4 Å². The van der Waals surface area contributed by atoms with E-state index in [4.69, 9.17) is 16.0 Å². The zero-order valence-corrected chi connectivity index (χ0v) is 17.2. The predicted molar refractivity (Wildman–Crippen MR) is 110 cm³/mol. The van der Waals surface area contributed by atoms with Crippen molar-refractivity contribution in [3.05, 3.63) is 23.4 Å². The highest BCUT2D eigenvalue weighted by Crippen LogP contribution is 2.53. The molecular weight excluding hydrogens is 392 g/mol. The third-order valence-corrected chi connectivity index (χ3v) is 6.62. The van der Waals surface area contributed by atoms with Crippen LogP contribution in [0.2, 0.25) is 5.02 Å². The number of anilines is 1. The molecule has 1 aliphatic carbocycles. The fourth-order valence-corrected chi connectivity index (χ4v) is 4.51. The van der Waals surface area contributed by atoms with Crippen LogP contribution in [0.25, 0.3) is 22.4 Å². The summed E-state index contributed by atoms with van der Waals surface area (Å²) in [6.45, 7) is 3.50. The summed E-state index contributed by atoms with van der Waals surface area (Å²) < 4.78 is 7.50. The fourth-order valence-electron chi connectivity index (χ4n) is 4.22. The van der Waals surface area contributed by atoms with Crippen molar-refractivity contribution in [3.63, 3.8) is 0 Å². The summed E-state index contributed by atoms with van der Waals surface area (Å²) in [5.41, 5.74) is 2.10. The van der Waals surface area contributed by atoms with Gasteiger partial charge in [-0.15, -0.1) is 5.10 Å². The molecule has 2 fully saturated rings. The van der Waals surface area contributed by atoms with Crippen LogP contribution in [0.5, 0.6) is 0 Å². The van der Waals surface area contributed by atoms with Gasteiger partial charge in [0.25, 0.3) is 0 Å². The summed E-state index contributed by atoms with van der Waals surface area (Å²) in [7, 11) is 1.83. The average molecular weight is 415 g/mol. The smallest absolute Gasteiger partial charge is 0.316 e. The van der Waals surface area contributed by atoms with Gasteiger partial charge in [0.05, 0.1) is 16.7 Å². The van der Waals surface area contributed by atoms with Crippen molar-refractivity contribution in [3.8, 4) is 11.5 Å². The van der Waals surface area contributed by atoms with Gasteiger partial charge in [0.1, 0.15) is 6.04 Å². The van der Waals surface area contributed by atoms with Crippen LogP contribution in [0.15, 0.2) is 22.7 Å². The largest absolute Gasteiger partial charge is 0.403 e. The van der Waals surface area contributed by atoms with E-state index in [2.05, 4.69) is 20.6 Å². The molecule has 5 rings (SSSR count). The Kier molecular flexibility index (Phi) is 4.27. The van der Waals surface area contributed by atoms with Crippen molar-refractivity contribution in [1.29, 1.82) is 0 Å². The topological polar surface area (TPSA) is 89.1 Å². The van der Waals surface area contributed by atoms with Gasteiger partial charge in [0.2, 0.25) is 11.8 Å². The summed E-state index contributed by atoms with van der Waals surface area (Å²) in [6.07, 6.45) is 6.61. The number of halogens is 1. The summed E-state index contributed by atoms with van der Waals surface area (Å²) in [4.78, 5) is 14.7. The van der Waals surface area contributed by atoms with Crippen LogP contribution in [-0.4, -0.2) is 49.9 Å². The highest BCUT2D eigenvalue weighted by atomic mass is 35.5. The molecule has 29 heavy (non-hydrogen) atoms. The average Bonchev–Trinajstić information content (AvgIpc) is 3.11. The number of likely N-dealkylation sites (tertiary alicyclic amines) is 1. The first-order valence-corrected chi connectivity index (χ1v) is 10.3. The number of rotatable bonds is 4. The lowest BCUT2D eigenvalue weighted by molar-refractivity contribution is -0.133. The van der Waals surface area contributed by atoms with Crippen LogP contribution in [0, 0.1) is 5.41 Å². The highest BCUT2D eigenvalue weighted by Gasteiger charge is 2.45. The molecule has 1 N–H and O–H groups in total. The van der Waals surface area contributed by atoms with E-state index in [0.29, 0.717) is 16.3 Å². The molecule has 1 spiro atoms. The number of nitrogens with zero attached hydrogens (tertiary/aromatic N) is 5. The van der Waals surface area contributed by atoms with Gasteiger partial charge < -0.3 is 14.6 Å². The second-order valence-corrected chi connectivity index (χ2v) is 8.64. The standard InChI is InChI=1S/C20H23ClN6O2/c1-12(18(28)27-9-7-20(5-6-20)8-10-27)23-19-25-24-17(29-19)13-3-4-15(21)16-14(13)11-22-26(16)2/h3-4,11-12H,5-10H2,1-2H3,(H,23,25)/t12-/m1/s1. The SMILES string of the molecule is C[C@@H](Nc1nnc(-c2ccc(Cl)c3c2cnn3C)o1)C(=O)N1CCC2(CC1)CC2. The van der Waals surface area contributed by atoms with E-state index in [-0.39, 0.29) is 11.9 Å². The van der Waals surface area contributed by atoms with E-state index >= 15 is 0 Å². The molecule has 0 bridgehead atoms. The molecule has 152 valence electrons. The van der Waals surface area contributed by atoms with E-state index in [0.717, 1.165) is 42.4 Å². The maximum absolute atomic E-state index is 12.8. The Hall–Kier alpha value is -2.61. The first kappa shape index (κ1) is 18.4. The number of nitrogens with one attached hydrogen (secondary N) is 1. The van der Waals surface area contributed by atoms with Gasteiger partial charge in [0.15, 0.2) is 0 Å².